The van der Waals surface area contributed by atoms with Crippen LogP contribution in [-0.2, 0) is 16.0 Å². The third kappa shape index (κ3) is 3.64. The number of ether oxygens (including phenoxy) is 1. The number of nitrogen functional groups attached to an aromatic ring is 1. The van der Waals surface area contributed by atoms with E-state index in [9.17, 15) is 9.59 Å². The van der Waals surface area contributed by atoms with Crippen molar-refractivity contribution < 1.29 is 14.3 Å². The Morgan fingerprint density at radius 1 is 1.15 bits per heavy atom. The summed E-state index contributed by atoms with van der Waals surface area (Å²) in [6.45, 7) is 3.19. The maximum absolute atomic E-state index is 12.9. The van der Waals surface area contributed by atoms with Gasteiger partial charge in [-0.15, -0.1) is 0 Å². The molecule has 0 radical (unpaired) electrons. The first-order valence-electron chi connectivity index (χ1n) is 8.60. The Balaban J connectivity index is 1.76. The first kappa shape index (κ1) is 17.8. The summed E-state index contributed by atoms with van der Waals surface area (Å²) in [5, 5.41) is 0. The molecule has 0 atom stereocenters. The molecule has 1 fully saturated rings. The number of aryl methyl sites for hydroxylation is 2. The van der Waals surface area contributed by atoms with Crippen molar-refractivity contribution in [3.05, 3.63) is 53.6 Å². The molecule has 6 heteroatoms. The minimum absolute atomic E-state index is 0.0528. The van der Waals surface area contributed by atoms with E-state index >= 15 is 0 Å². The molecule has 6 nitrogen and oxygen atoms in total. The molecule has 0 saturated carbocycles. The second-order valence-electron chi connectivity index (χ2n) is 6.38. The second kappa shape index (κ2) is 7.47. The van der Waals surface area contributed by atoms with Gasteiger partial charge in [0.25, 0.3) is 0 Å². The molecule has 2 aromatic carbocycles. The largest absolute Gasteiger partial charge is 0.469 e. The van der Waals surface area contributed by atoms with Crippen molar-refractivity contribution in [3.63, 3.8) is 0 Å². The van der Waals surface area contributed by atoms with E-state index in [0.29, 0.717) is 31.6 Å². The Morgan fingerprint density at radius 2 is 1.92 bits per heavy atom. The van der Waals surface area contributed by atoms with E-state index in [-0.39, 0.29) is 12.0 Å². The normalized spacial score (nSPS) is 14.0. The zero-order chi connectivity index (χ0) is 18.7. The highest BCUT2D eigenvalue weighted by molar-refractivity contribution is 6.06. The third-order valence-electron chi connectivity index (χ3n) is 4.59. The topological polar surface area (TPSA) is 75.9 Å². The van der Waals surface area contributed by atoms with Gasteiger partial charge in [0.1, 0.15) is 0 Å². The lowest BCUT2D eigenvalue weighted by atomic mass is 10.1. The molecule has 26 heavy (non-hydrogen) atoms. The lowest BCUT2D eigenvalue weighted by Crippen LogP contribution is -2.32. The Hall–Kier alpha value is -3.02. The summed E-state index contributed by atoms with van der Waals surface area (Å²) in [6, 6.07) is 13.3. The predicted molar refractivity (Wildman–Crippen MR) is 102 cm³/mol. The van der Waals surface area contributed by atoms with Gasteiger partial charge in [0.2, 0.25) is 0 Å². The van der Waals surface area contributed by atoms with Gasteiger partial charge < -0.3 is 10.5 Å². The van der Waals surface area contributed by atoms with Crippen LogP contribution in [0.25, 0.3) is 0 Å². The number of nitrogens with two attached hydrogens (primary N) is 1. The van der Waals surface area contributed by atoms with Gasteiger partial charge in [0, 0.05) is 36.6 Å². The molecule has 136 valence electrons. The molecule has 0 unspecified atom stereocenters. The van der Waals surface area contributed by atoms with Gasteiger partial charge in [0.05, 0.1) is 7.11 Å². The average molecular weight is 353 g/mol. The summed E-state index contributed by atoms with van der Waals surface area (Å²) in [5.41, 5.74) is 10.2. The summed E-state index contributed by atoms with van der Waals surface area (Å²) in [4.78, 5) is 27.8. The van der Waals surface area contributed by atoms with Crippen LogP contribution in [0.5, 0.6) is 0 Å². The number of amides is 2. The molecule has 2 amide bonds. The van der Waals surface area contributed by atoms with E-state index in [1.54, 1.807) is 9.80 Å². The molecule has 1 aliphatic heterocycles. The van der Waals surface area contributed by atoms with Crippen molar-refractivity contribution in [3.8, 4) is 0 Å². The molecule has 2 N–H and O–H groups in total. The number of anilines is 3. The number of nitrogens with zero attached hydrogens (tertiary/aromatic N) is 2. The average Bonchev–Trinajstić information content (AvgIpc) is 3.01. The monoisotopic (exact) mass is 353 g/mol. The van der Waals surface area contributed by atoms with Crippen molar-refractivity contribution in [1.82, 2.24) is 0 Å². The maximum atomic E-state index is 12.9. The van der Waals surface area contributed by atoms with Crippen molar-refractivity contribution >= 4 is 29.1 Å². The molecule has 1 aliphatic rings. The van der Waals surface area contributed by atoms with Crippen LogP contribution in [0, 0.1) is 6.92 Å². The third-order valence-corrected chi connectivity index (χ3v) is 4.59. The van der Waals surface area contributed by atoms with E-state index in [4.69, 9.17) is 5.73 Å². The highest BCUT2D eigenvalue weighted by Crippen LogP contribution is 2.29. The Labute approximate surface area is 153 Å². The number of rotatable bonds is 5. The van der Waals surface area contributed by atoms with Gasteiger partial charge in [0.15, 0.2) is 0 Å². The van der Waals surface area contributed by atoms with Crippen molar-refractivity contribution in [2.24, 2.45) is 0 Å². The summed E-state index contributed by atoms with van der Waals surface area (Å²) in [5.74, 6) is -0.238. The maximum Gasteiger partial charge on any atom is 0.329 e. The first-order valence-corrected chi connectivity index (χ1v) is 8.60. The summed E-state index contributed by atoms with van der Waals surface area (Å²) in [6.07, 6.45) is 0.911. The molecule has 3 rings (SSSR count). The Bertz CT molecular complexity index is 835. The van der Waals surface area contributed by atoms with Crippen LogP contribution in [0.15, 0.2) is 42.5 Å². The molecule has 0 bridgehead atoms. The van der Waals surface area contributed by atoms with Gasteiger partial charge >= 0.3 is 12.0 Å². The van der Waals surface area contributed by atoms with Crippen LogP contribution >= 0.6 is 0 Å². The number of carbonyl (C=O) groups excluding carboxylic acids is 2. The minimum atomic E-state index is -0.238. The van der Waals surface area contributed by atoms with Crippen molar-refractivity contribution in [2.75, 3.05) is 35.7 Å². The number of hydrogen-bond acceptors (Lipinski definition) is 4. The van der Waals surface area contributed by atoms with E-state index in [1.165, 1.54) is 7.11 Å². The van der Waals surface area contributed by atoms with Crippen LogP contribution in [0.2, 0.25) is 0 Å². The summed E-state index contributed by atoms with van der Waals surface area (Å²) < 4.78 is 4.68. The van der Waals surface area contributed by atoms with E-state index in [2.05, 4.69) is 4.74 Å². The highest BCUT2D eigenvalue weighted by atomic mass is 16.5. The number of esters is 1. The van der Waals surface area contributed by atoms with Crippen molar-refractivity contribution in [2.45, 2.75) is 19.8 Å². The van der Waals surface area contributed by atoms with E-state index < -0.39 is 0 Å². The fraction of sp³-hybridized carbons (Fsp3) is 0.300. The molecule has 1 saturated heterocycles. The smallest absolute Gasteiger partial charge is 0.329 e. The fourth-order valence-electron chi connectivity index (χ4n) is 3.21. The number of hydrogen-bond donors (Lipinski definition) is 1. The molecular weight excluding hydrogens is 330 g/mol. The van der Waals surface area contributed by atoms with Crippen molar-refractivity contribution in [1.29, 1.82) is 0 Å². The highest BCUT2D eigenvalue weighted by Gasteiger charge is 2.31. The minimum Gasteiger partial charge on any atom is -0.469 e. The fourth-order valence-corrected chi connectivity index (χ4v) is 3.21. The number of carbonyl (C=O) groups is 2. The SMILES string of the molecule is COC(=O)CCc1cccc(N2CCN(c3ccc(N)cc3C)C2=O)c1. The summed E-state index contributed by atoms with van der Waals surface area (Å²) >= 11 is 0. The van der Waals surface area contributed by atoms with Crippen LogP contribution in [0.4, 0.5) is 21.9 Å². The standard InChI is InChI=1S/C20H23N3O3/c1-14-12-16(21)7-8-18(14)23-11-10-22(20(23)25)17-5-3-4-15(13-17)6-9-19(24)26-2/h3-5,7-8,12-13H,6,9-11,21H2,1-2H3. The molecule has 1 heterocycles. The van der Waals surface area contributed by atoms with Crippen LogP contribution in [0.1, 0.15) is 17.5 Å². The second-order valence-corrected chi connectivity index (χ2v) is 6.38. The zero-order valence-corrected chi connectivity index (χ0v) is 15.1. The number of benzene rings is 2. The molecule has 0 aliphatic carbocycles. The van der Waals surface area contributed by atoms with Crippen LogP contribution < -0.4 is 15.5 Å². The van der Waals surface area contributed by atoms with E-state index in [1.807, 2.05) is 49.4 Å². The Kier molecular flexibility index (Phi) is 5.11. The number of methoxy groups -OCH3 is 1. The molecular formula is C20H23N3O3. The predicted octanol–water partition coefficient (Wildman–Crippen LogP) is 3.13. The van der Waals surface area contributed by atoms with E-state index in [0.717, 1.165) is 22.5 Å². The zero-order valence-electron chi connectivity index (χ0n) is 15.1. The summed E-state index contributed by atoms with van der Waals surface area (Å²) in [7, 11) is 1.38. The lowest BCUT2D eigenvalue weighted by molar-refractivity contribution is -0.140. The molecule has 0 aromatic heterocycles. The molecule has 2 aromatic rings. The van der Waals surface area contributed by atoms with Gasteiger partial charge in [-0.1, -0.05) is 12.1 Å². The first-order chi connectivity index (χ1) is 12.5. The van der Waals surface area contributed by atoms with Crippen LogP contribution in [-0.4, -0.2) is 32.2 Å². The molecule has 0 spiro atoms. The Morgan fingerprint density at radius 3 is 2.65 bits per heavy atom. The number of urea groups is 1. The van der Waals surface area contributed by atoms with Gasteiger partial charge in [-0.25, -0.2) is 4.79 Å². The van der Waals surface area contributed by atoms with Gasteiger partial charge in [-0.2, -0.15) is 0 Å². The quantitative estimate of drug-likeness (QED) is 0.662. The van der Waals surface area contributed by atoms with Crippen LogP contribution in [0.3, 0.4) is 0 Å². The van der Waals surface area contributed by atoms with Gasteiger partial charge in [-0.05, 0) is 54.8 Å². The lowest BCUT2D eigenvalue weighted by Gasteiger charge is -2.21. The van der Waals surface area contributed by atoms with Gasteiger partial charge in [-0.3, -0.25) is 14.6 Å².